The summed E-state index contributed by atoms with van der Waals surface area (Å²) >= 11 is 0. The Bertz CT molecular complexity index is 686. The van der Waals surface area contributed by atoms with Crippen LogP contribution in [0.5, 0.6) is 0 Å². The highest BCUT2D eigenvalue weighted by atomic mass is 16.5. The van der Waals surface area contributed by atoms with Gasteiger partial charge < -0.3 is 20.5 Å². The lowest BCUT2D eigenvalue weighted by molar-refractivity contribution is -0.191. The fraction of sp³-hybridized carbons (Fsp3) is 0.524. The van der Waals surface area contributed by atoms with Crippen molar-refractivity contribution in [3.63, 3.8) is 0 Å². The maximum Gasteiger partial charge on any atom is 0.408 e. The van der Waals surface area contributed by atoms with E-state index >= 15 is 0 Å². The van der Waals surface area contributed by atoms with Crippen LogP contribution in [0.1, 0.15) is 52.0 Å². The molecule has 2 amide bonds. The highest BCUT2D eigenvalue weighted by molar-refractivity contribution is 5.89. The molecule has 1 aromatic rings. The van der Waals surface area contributed by atoms with Crippen LogP contribution < -0.4 is 10.6 Å². The van der Waals surface area contributed by atoms with Gasteiger partial charge in [0, 0.05) is 0 Å². The van der Waals surface area contributed by atoms with Gasteiger partial charge in [0.2, 0.25) is 5.91 Å². The van der Waals surface area contributed by atoms with E-state index in [1.54, 1.807) is 0 Å². The number of carboxylic acid groups (broad SMARTS) is 1. The molecular weight excluding hydrogens is 392 g/mol. The number of unbranched alkanes of at least 4 members (excludes halogenated alkanes) is 1. The standard InChI is InChI=1S/C20H30N2O5.CO2/c1-4-5-11-16(19(24)25)21-18(23)17(12-14(2)3)22-20(26)27-13-15-9-7-6-8-10-15;2-1-3/h6-10,14,16-17H,4-5,11-13H2,1-3H3,(H,21,23)(H,22,26)(H,24,25);/t16-,17-;/m0./s1. The van der Waals surface area contributed by atoms with Crippen LogP contribution in [0.2, 0.25) is 0 Å². The number of alkyl carbamates (subject to hydrolysis) is 1. The van der Waals surface area contributed by atoms with Gasteiger partial charge in [0.1, 0.15) is 18.7 Å². The SMILES string of the molecule is CCCC[C@H](NC(=O)[C@H](CC(C)C)NC(=O)OCc1ccccc1)C(=O)O.O=C=O. The van der Waals surface area contributed by atoms with Crippen LogP contribution in [0.3, 0.4) is 0 Å². The minimum atomic E-state index is -1.08. The largest absolute Gasteiger partial charge is 0.480 e. The van der Waals surface area contributed by atoms with Crippen LogP contribution >= 0.6 is 0 Å². The molecule has 0 aliphatic heterocycles. The number of carbonyl (C=O) groups is 3. The third-order valence-corrected chi connectivity index (χ3v) is 3.99. The molecule has 0 unspecified atom stereocenters. The second-order valence-corrected chi connectivity index (χ2v) is 7.01. The fourth-order valence-electron chi connectivity index (χ4n) is 2.55. The van der Waals surface area contributed by atoms with Crippen molar-refractivity contribution in [2.45, 2.75) is 65.1 Å². The summed E-state index contributed by atoms with van der Waals surface area (Å²) in [5, 5.41) is 14.4. The van der Waals surface area contributed by atoms with Gasteiger partial charge in [-0.15, -0.1) is 0 Å². The molecule has 0 saturated heterocycles. The normalized spacial score (nSPS) is 11.9. The molecule has 1 rings (SSSR count). The number of benzene rings is 1. The quantitative estimate of drug-likeness (QED) is 0.498. The number of aliphatic carboxylic acids is 1. The van der Waals surface area contributed by atoms with Gasteiger partial charge in [-0.2, -0.15) is 9.59 Å². The molecule has 9 heteroatoms. The number of hydrogen-bond acceptors (Lipinski definition) is 6. The highest BCUT2D eigenvalue weighted by Crippen LogP contribution is 2.08. The first kappa shape index (κ1) is 26.8. The molecule has 9 nitrogen and oxygen atoms in total. The zero-order valence-corrected chi connectivity index (χ0v) is 17.6. The Morgan fingerprint density at radius 2 is 1.67 bits per heavy atom. The van der Waals surface area contributed by atoms with E-state index in [1.165, 1.54) is 0 Å². The Morgan fingerprint density at radius 1 is 1.07 bits per heavy atom. The summed E-state index contributed by atoms with van der Waals surface area (Å²) in [7, 11) is 0. The Balaban J connectivity index is 0.00000263. The second kappa shape index (κ2) is 15.7. The van der Waals surface area contributed by atoms with E-state index < -0.39 is 30.1 Å². The Morgan fingerprint density at radius 3 is 2.17 bits per heavy atom. The molecule has 0 aliphatic carbocycles. The van der Waals surface area contributed by atoms with Crippen LogP contribution in [0, 0.1) is 5.92 Å². The van der Waals surface area contributed by atoms with Crippen molar-refractivity contribution < 1.29 is 33.8 Å². The maximum atomic E-state index is 12.5. The van der Waals surface area contributed by atoms with Crippen LogP contribution in [-0.4, -0.2) is 41.3 Å². The van der Waals surface area contributed by atoms with Gasteiger partial charge in [0.05, 0.1) is 0 Å². The lowest BCUT2D eigenvalue weighted by Gasteiger charge is -2.22. The maximum absolute atomic E-state index is 12.5. The molecule has 0 saturated carbocycles. The Hall–Kier alpha value is -3.19. The fourth-order valence-corrected chi connectivity index (χ4v) is 2.55. The minimum Gasteiger partial charge on any atom is -0.480 e. The molecule has 0 heterocycles. The summed E-state index contributed by atoms with van der Waals surface area (Å²) < 4.78 is 5.16. The van der Waals surface area contributed by atoms with Crippen molar-refractivity contribution in [2.75, 3.05) is 0 Å². The van der Waals surface area contributed by atoms with Crippen molar-refractivity contribution in [3.05, 3.63) is 35.9 Å². The average molecular weight is 422 g/mol. The zero-order valence-electron chi connectivity index (χ0n) is 17.6. The number of amides is 2. The monoisotopic (exact) mass is 422 g/mol. The van der Waals surface area contributed by atoms with E-state index in [1.807, 2.05) is 51.1 Å². The molecular formula is C21H30N2O7. The van der Waals surface area contributed by atoms with Gasteiger partial charge in [-0.1, -0.05) is 63.9 Å². The minimum absolute atomic E-state index is 0.0942. The lowest BCUT2D eigenvalue weighted by Crippen LogP contribution is -2.52. The number of carboxylic acids is 1. The second-order valence-electron chi connectivity index (χ2n) is 7.01. The van der Waals surface area contributed by atoms with E-state index in [-0.39, 0.29) is 18.7 Å². The number of nitrogens with one attached hydrogen (secondary N) is 2. The van der Waals surface area contributed by atoms with Gasteiger partial charge in [-0.25, -0.2) is 9.59 Å². The number of ether oxygens (including phenoxy) is 1. The molecule has 30 heavy (non-hydrogen) atoms. The molecule has 3 N–H and O–H groups in total. The summed E-state index contributed by atoms with van der Waals surface area (Å²) in [5.41, 5.74) is 0.836. The van der Waals surface area contributed by atoms with Crippen LogP contribution in [0.15, 0.2) is 30.3 Å². The van der Waals surface area contributed by atoms with Crippen molar-refractivity contribution >= 4 is 24.1 Å². The first-order chi connectivity index (χ1) is 14.2. The van der Waals surface area contributed by atoms with Crippen molar-refractivity contribution in [1.82, 2.24) is 10.6 Å². The summed E-state index contributed by atoms with van der Waals surface area (Å²) in [6.07, 6.45) is 1.80. The van der Waals surface area contributed by atoms with Crippen molar-refractivity contribution in [1.29, 1.82) is 0 Å². The first-order valence-electron chi connectivity index (χ1n) is 9.74. The van der Waals surface area contributed by atoms with E-state index in [4.69, 9.17) is 14.3 Å². The van der Waals surface area contributed by atoms with Gasteiger partial charge in [-0.05, 0) is 24.3 Å². The third-order valence-electron chi connectivity index (χ3n) is 3.99. The van der Waals surface area contributed by atoms with Crippen molar-refractivity contribution in [3.8, 4) is 0 Å². The molecule has 0 spiro atoms. The molecule has 166 valence electrons. The molecule has 1 aromatic carbocycles. The van der Waals surface area contributed by atoms with E-state index in [9.17, 15) is 19.5 Å². The van der Waals surface area contributed by atoms with Gasteiger partial charge in [0.15, 0.2) is 0 Å². The van der Waals surface area contributed by atoms with Crippen LogP contribution in [-0.2, 0) is 30.5 Å². The van der Waals surface area contributed by atoms with E-state index in [0.29, 0.717) is 19.3 Å². The summed E-state index contributed by atoms with van der Waals surface area (Å²) in [6, 6.07) is 7.39. The average Bonchev–Trinajstić information content (AvgIpc) is 2.69. The zero-order chi connectivity index (χ0) is 22.9. The predicted molar refractivity (Wildman–Crippen MR) is 107 cm³/mol. The number of carbonyl (C=O) groups excluding carboxylic acids is 4. The van der Waals surface area contributed by atoms with Gasteiger partial charge in [0.25, 0.3) is 0 Å². The Labute approximate surface area is 176 Å². The number of rotatable bonds is 11. The van der Waals surface area contributed by atoms with E-state index in [0.717, 1.165) is 12.0 Å². The lowest BCUT2D eigenvalue weighted by atomic mass is 10.0. The molecule has 0 bridgehead atoms. The summed E-state index contributed by atoms with van der Waals surface area (Å²) in [5.74, 6) is -1.45. The summed E-state index contributed by atoms with van der Waals surface area (Å²) in [4.78, 5) is 52.2. The third kappa shape index (κ3) is 12.3. The Kier molecular flexibility index (Phi) is 14.0. The molecule has 0 fully saturated rings. The molecule has 0 aromatic heterocycles. The smallest absolute Gasteiger partial charge is 0.408 e. The number of hydrogen-bond donors (Lipinski definition) is 3. The molecule has 2 atom stereocenters. The first-order valence-corrected chi connectivity index (χ1v) is 9.74. The van der Waals surface area contributed by atoms with Gasteiger partial charge >= 0.3 is 18.2 Å². The van der Waals surface area contributed by atoms with Crippen LogP contribution in [0.25, 0.3) is 0 Å². The van der Waals surface area contributed by atoms with E-state index in [2.05, 4.69) is 10.6 Å². The topological polar surface area (TPSA) is 139 Å². The molecule has 0 aliphatic rings. The van der Waals surface area contributed by atoms with Gasteiger partial charge in [-0.3, -0.25) is 4.79 Å². The van der Waals surface area contributed by atoms with Crippen LogP contribution in [0.4, 0.5) is 4.79 Å². The highest BCUT2D eigenvalue weighted by Gasteiger charge is 2.27. The molecule has 0 radical (unpaired) electrons. The summed E-state index contributed by atoms with van der Waals surface area (Å²) in [6.45, 7) is 5.88. The van der Waals surface area contributed by atoms with Crippen molar-refractivity contribution in [2.24, 2.45) is 5.92 Å². The predicted octanol–water partition coefficient (Wildman–Crippen LogP) is 2.50.